The van der Waals surface area contributed by atoms with E-state index < -0.39 is 12.0 Å². The van der Waals surface area contributed by atoms with Crippen molar-refractivity contribution in [2.75, 3.05) is 25.0 Å². The van der Waals surface area contributed by atoms with E-state index in [1.165, 1.54) is 4.90 Å². The number of piperazine rings is 1. The Hall–Kier alpha value is -2.41. The lowest BCUT2D eigenvalue weighted by molar-refractivity contribution is -0.146. The second-order valence-corrected chi connectivity index (χ2v) is 4.98. The molecule has 0 bridgehead atoms. The summed E-state index contributed by atoms with van der Waals surface area (Å²) in [5, 5.41) is 14.3. The molecule has 112 valence electrons. The maximum Gasteiger partial charge on any atom is 0.322 e. The third-order valence-electron chi connectivity index (χ3n) is 3.21. The van der Waals surface area contributed by atoms with Gasteiger partial charge in [-0.2, -0.15) is 0 Å². The van der Waals surface area contributed by atoms with E-state index in [1.54, 1.807) is 6.07 Å². The van der Waals surface area contributed by atoms with Gasteiger partial charge in [-0.3, -0.25) is 19.3 Å². The quantitative estimate of drug-likeness (QED) is 0.714. The van der Waals surface area contributed by atoms with Gasteiger partial charge in [0.2, 0.25) is 11.8 Å². The molecule has 0 aliphatic carbocycles. The Morgan fingerprint density at radius 1 is 1.48 bits per heavy atom. The monoisotopic (exact) mass is 291 g/mol. The molecule has 1 aliphatic heterocycles. The zero-order valence-electron chi connectivity index (χ0n) is 11.6. The van der Waals surface area contributed by atoms with Gasteiger partial charge in [0, 0.05) is 12.2 Å². The Morgan fingerprint density at radius 3 is 2.90 bits per heavy atom. The van der Waals surface area contributed by atoms with Gasteiger partial charge < -0.3 is 15.7 Å². The van der Waals surface area contributed by atoms with Crippen LogP contribution in [0.3, 0.4) is 0 Å². The van der Waals surface area contributed by atoms with Crippen molar-refractivity contribution >= 4 is 23.5 Å². The number of aliphatic carboxylic acids is 1. The molecule has 1 fully saturated rings. The minimum atomic E-state index is -1.06. The summed E-state index contributed by atoms with van der Waals surface area (Å²) in [7, 11) is 0. The zero-order chi connectivity index (χ0) is 15.4. The van der Waals surface area contributed by atoms with Crippen LogP contribution in [0.25, 0.3) is 0 Å². The molecule has 1 aromatic carbocycles. The van der Waals surface area contributed by atoms with Crippen molar-refractivity contribution in [3.05, 3.63) is 29.8 Å². The molecule has 1 atom stereocenters. The molecule has 1 unspecified atom stereocenters. The summed E-state index contributed by atoms with van der Waals surface area (Å²) in [6.07, 6.45) is 0. The van der Waals surface area contributed by atoms with Gasteiger partial charge in [-0.05, 0) is 24.6 Å². The van der Waals surface area contributed by atoms with Crippen molar-refractivity contribution in [1.82, 2.24) is 10.2 Å². The Kier molecular flexibility index (Phi) is 4.54. The molecular formula is C14H17N3O4. The van der Waals surface area contributed by atoms with Gasteiger partial charge in [0.05, 0.1) is 13.1 Å². The zero-order valence-corrected chi connectivity index (χ0v) is 11.6. The van der Waals surface area contributed by atoms with Crippen molar-refractivity contribution in [2.45, 2.75) is 13.0 Å². The van der Waals surface area contributed by atoms with Gasteiger partial charge in [0.1, 0.15) is 6.04 Å². The fourth-order valence-electron chi connectivity index (χ4n) is 2.21. The standard InChI is InChI=1S/C14H17N3O4/c1-9-3-2-4-10(5-9)16-13(19)8-17-7-12(18)15-6-11(17)14(20)21/h2-5,11H,6-8H2,1H3,(H,15,18)(H,16,19)(H,20,21). The van der Waals surface area contributed by atoms with Crippen LogP contribution in [0.1, 0.15) is 5.56 Å². The number of carboxylic acids is 1. The van der Waals surface area contributed by atoms with E-state index in [0.29, 0.717) is 5.69 Å². The number of hydrogen-bond donors (Lipinski definition) is 3. The summed E-state index contributed by atoms with van der Waals surface area (Å²) in [5.74, 6) is -1.68. The topological polar surface area (TPSA) is 98.7 Å². The van der Waals surface area contributed by atoms with Crippen LogP contribution < -0.4 is 10.6 Å². The second-order valence-electron chi connectivity index (χ2n) is 4.98. The normalized spacial score (nSPS) is 18.9. The highest BCUT2D eigenvalue weighted by atomic mass is 16.4. The minimum Gasteiger partial charge on any atom is -0.480 e. The van der Waals surface area contributed by atoms with Crippen LogP contribution in [0.2, 0.25) is 0 Å². The summed E-state index contributed by atoms with van der Waals surface area (Å²) >= 11 is 0. The van der Waals surface area contributed by atoms with Gasteiger partial charge in [-0.1, -0.05) is 12.1 Å². The smallest absolute Gasteiger partial charge is 0.322 e. The SMILES string of the molecule is Cc1cccc(NC(=O)CN2CC(=O)NCC2C(=O)O)c1. The average Bonchev–Trinajstić information content (AvgIpc) is 2.38. The predicted octanol–water partition coefficient (Wildman–Crippen LogP) is -0.181. The van der Waals surface area contributed by atoms with Crippen LogP contribution in [-0.4, -0.2) is 53.5 Å². The number of nitrogens with one attached hydrogen (secondary N) is 2. The number of rotatable bonds is 4. The summed E-state index contributed by atoms with van der Waals surface area (Å²) in [6, 6.07) is 6.41. The first-order chi connectivity index (χ1) is 9.95. The van der Waals surface area contributed by atoms with Crippen LogP contribution >= 0.6 is 0 Å². The molecule has 1 aliphatic rings. The largest absolute Gasteiger partial charge is 0.480 e. The Balaban J connectivity index is 1.99. The lowest BCUT2D eigenvalue weighted by Crippen LogP contribution is -2.58. The molecule has 0 radical (unpaired) electrons. The first-order valence-electron chi connectivity index (χ1n) is 6.56. The van der Waals surface area contributed by atoms with E-state index in [4.69, 9.17) is 5.11 Å². The third-order valence-corrected chi connectivity index (χ3v) is 3.21. The van der Waals surface area contributed by atoms with Crippen molar-refractivity contribution < 1.29 is 19.5 Å². The molecule has 2 amide bonds. The molecule has 3 N–H and O–H groups in total. The maximum absolute atomic E-state index is 12.0. The number of carbonyl (C=O) groups is 3. The van der Waals surface area contributed by atoms with Gasteiger partial charge in [-0.25, -0.2) is 0 Å². The van der Waals surface area contributed by atoms with E-state index in [-0.39, 0.29) is 31.4 Å². The summed E-state index contributed by atoms with van der Waals surface area (Å²) < 4.78 is 0. The molecular weight excluding hydrogens is 274 g/mol. The van der Waals surface area contributed by atoms with Crippen LogP contribution in [0, 0.1) is 6.92 Å². The fourth-order valence-corrected chi connectivity index (χ4v) is 2.21. The van der Waals surface area contributed by atoms with Crippen molar-refractivity contribution in [3.8, 4) is 0 Å². The summed E-state index contributed by atoms with van der Waals surface area (Å²) in [6.45, 7) is 1.67. The second kappa shape index (κ2) is 6.36. The van der Waals surface area contributed by atoms with E-state index >= 15 is 0 Å². The average molecular weight is 291 g/mol. The Bertz CT molecular complexity index is 573. The highest BCUT2D eigenvalue weighted by Crippen LogP contribution is 2.10. The number of amides is 2. The van der Waals surface area contributed by atoms with E-state index in [2.05, 4.69) is 10.6 Å². The van der Waals surface area contributed by atoms with Crippen LogP contribution in [-0.2, 0) is 14.4 Å². The first-order valence-corrected chi connectivity index (χ1v) is 6.56. The molecule has 1 aromatic rings. The molecule has 1 saturated heterocycles. The first kappa shape index (κ1) is 15.0. The van der Waals surface area contributed by atoms with Gasteiger partial charge in [0.25, 0.3) is 0 Å². The van der Waals surface area contributed by atoms with Crippen LogP contribution in [0.4, 0.5) is 5.69 Å². The highest BCUT2D eigenvalue weighted by Gasteiger charge is 2.32. The van der Waals surface area contributed by atoms with Crippen molar-refractivity contribution in [1.29, 1.82) is 0 Å². The summed E-state index contributed by atoms with van der Waals surface area (Å²) in [5.41, 5.74) is 1.65. The number of hydrogen-bond acceptors (Lipinski definition) is 4. The molecule has 2 rings (SSSR count). The predicted molar refractivity (Wildman–Crippen MR) is 75.8 cm³/mol. The molecule has 0 saturated carbocycles. The number of nitrogens with zero attached hydrogens (tertiary/aromatic N) is 1. The maximum atomic E-state index is 12.0. The van der Waals surface area contributed by atoms with Gasteiger partial charge in [0.15, 0.2) is 0 Å². The molecule has 7 nitrogen and oxygen atoms in total. The van der Waals surface area contributed by atoms with Gasteiger partial charge in [-0.15, -0.1) is 0 Å². The van der Waals surface area contributed by atoms with Crippen LogP contribution in [0.15, 0.2) is 24.3 Å². The lowest BCUT2D eigenvalue weighted by atomic mass is 10.2. The molecule has 7 heteroatoms. The van der Waals surface area contributed by atoms with E-state index in [9.17, 15) is 14.4 Å². The number of benzene rings is 1. The van der Waals surface area contributed by atoms with E-state index in [0.717, 1.165) is 5.56 Å². The molecule has 1 heterocycles. The third kappa shape index (κ3) is 4.03. The lowest BCUT2D eigenvalue weighted by Gasteiger charge is -2.31. The number of aryl methyl sites for hydroxylation is 1. The van der Waals surface area contributed by atoms with Crippen molar-refractivity contribution in [3.63, 3.8) is 0 Å². The summed E-state index contributed by atoms with van der Waals surface area (Å²) in [4.78, 5) is 35.8. The molecule has 21 heavy (non-hydrogen) atoms. The number of carboxylic acid groups (broad SMARTS) is 1. The molecule has 0 aromatic heterocycles. The molecule has 0 spiro atoms. The Morgan fingerprint density at radius 2 is 2.24 bits per heavy atom. The minimum absolute atomic E-state index is 0.00585. The van der Waals surface area contributed by atoms with Crippen LogP contribution in [0.5, 0.6) is 0 Å². The number of anilines is 1. The Labute approximate surface area is 121 Å². The van der Waals surface area contributed by atoms with Crippen molar-refractivity contribution in [2.24, 2.45) is 0 Å². The number of carbonyl (C=O) groups excluding carboxylic acids is 2. The fraction of sp³-hybridized carbons (Fsp3) is 0.357. The van der Waals surface area contributed by atoms with Gasteiger partial charge >= 0.3 is 5.97 Å². The van der Waals surface area contributed by atoms with E-state index in [1.807, 2.05) is 25.1 Å². The highest BCUT2D eigenvalue weighted by molar-refractivity contribution is 5.93.